The highest BCUT2D eigenvalue weighted by Gasteiger charge is 2.15. The third kappa shape index (κ3) is 2.71. The van der Waals surface area contributed by atoms with E-state index >= 15 is 0 Å². The molecule has 2 aromatic rings. The summed E-state index contributed by atoms with van der Waals surface area (Å²) < 4.78 is 28.0. The quantitative estimate of drug-likeness (QED) is 0.825. The summed E-state index contributed by atoms with van der Waals surface area (Å²) in [5.74, 6) is -0.358. The molecule has 1 heterocycles. The second-order valence-corrected chi connectivity index (χ2v) is 5.18. The number of pyridine rings is 1. The summed E-state index contributed by atoms with van der Waals surface area (Å²) in [5.41, 5.74) is 0.953. The fraction of sp³-hybridized carbons (Fsp3) is 0.357. The number of nitrogens with one attached hydrogen (secondary N) is 1. The molecule has 0 spiro atoms. The van der Waals surface area contributed by atoms with Gasteiger partial charge in [-0.05, 0) is 46.5 Å². The van der Waals surface area contributed by atoms with Gasteiger partial charge in [0.2, 0.25) is 0 Å². The number of aromatic nitrogens is 1. The van der Waals surface area contributed by atoms with Crippen molar-refractivity contribution in [1.82, 2.24) is 4.98 Å². The van der Waals surface area contributed by atoms with Crippen LogP contribution in [0.15, 0.2) is 16.6 Å². The van der Waals surface area contributed by atoms with Crippen molar-refractivity contribution in [1.29, 1.82) is 0 Å². The minimum absolute atomic E-state index is 0.0662. The molecule has 0 bridgehead atoms. The molecule has 0 radical (unpaired) electrons. The van der Waals surface area contributed by atoms with Crippen LogP contribution in [0.2, 0.25) is 0 Å². The summed E-state index contributed by atoms with van der Waals surface area (Å²) in [4.78, 5) is 4.24. The molecule has 0 aliphatic rings. The van der Waals surface area contributed by atoms with Gasteiger partial charge in [-0.3, -0.25) is 0 Å². The number of nitrogens with zero attached hydrogens (tertiary/aromatic N) is 1. The number of fused-ring (bicyclic) bond motifs is 1. The molecule has 0 fully saturated rings. The van der Waals surface area contributed by atoms with E-state index in [1.807, 2.05) is 13.8 Å². The van der Waals surface area contributed by atoms with E-state index in [-0.39, 0.29) is 15.4 Å². The predicted octanol–water partition coefficient (Wildman–Crippen LogP) is 4.66. The summed E-state index contributed by atoms with van der Waals surface area (Å²) in [7, 11) is 0. The van der Waals surface area contributed by atoms with Crippen molar-refractivity contribution < 1.29 is 8.78 Å². The Morgan fingerprint density at radius 2 is 2.00 bits per heavy atom. The summed E-state index contributed by atoms with van der Waals surface area (Å²) in [6.45, 7) is 4.76. The number of benzene rings is 1. The number of rotatable bonds is 4. The topological polar surface area (TPSA) is 24.9 Å². The van der Waals surface area contributed by atoms with Gasteiger partial charge in [0.1, 0.15) is 17.2 Å². The largest absolute Gasteiger partial charge is 0.370 e. The van der Waals surface area contributed by atoms with Gasteiger partial charge >= 0.3 is 0 Å². The molecule has 5 heteroatoms. The highest BCUT2D eigenvalue weighted by atomic mass is 79.9. The van der Waals surface area contributed by atoms with Crippen molar-refractivity contribution in [3.05, 3.63) is 33.8 Å². The molecule has 19 heavy (non-hydrogen) atoms. The van der Waals surface area contributed by atoms with Crippen LogP contribution in [0, 0.1) is 11.6 Å². The molecule has 0 aliphatic carbocycles. The average Bonchev–Trinajstić information content (AvgIpc) is 2.41. The molecular formula is C14H15BrF2N2. The van der Waals surface area contributed by atoms with Crippen LogP contribution in [0.4, 0.5) is 14.6 Å². The Morgan fingerprint density at radius 3 is 2.63 bits per heavy atom. The zero-order chi connectivity index (χ0) is 14.0. The van der Waals surface area contributed by atoms with Gasteiger partial charge in [-0.2, -0.15) is 0 Å². The Labute approximate surface area is 119 Å². The van der Waals surface area contributed by atoms with Gasteiger partial charge in [-0.1, -0.05) is 13.8 Å². The lowest BCUT2D eigenvalue weighted by Crippen LogP contribution is -2.06. The van der Waals surface area contributed by atoms with E-state index in [0.717, 1.165) is 24.6 Å². The molecule has 2 rings (SSSR count). The Morgan fingerprint density at radius 1 is 1.26 bits per heavy atom. The highest BCUT2D eigenvalue weighted by molar-refractivity contribution is 9.10. The zero-order valence-electron chi connectivity index (χ0n) is 10.9. The number of halogens is 3. The van der Waals surface area contributed by atoms with Gasteiger partial charge in [-0.15, -0.1) is 0 Å². The maximum absolute atomic E-state index is 14.0. The molecule has 1 aromatic heterocycles. The molecule has 0 saturated carbocycles. The van der Waals surface area contributed by atoms with Gasteiger partial charge < -0.3 is 5.32 Å². The molecular weight excluding hydrogens is 314 g/mol. The Bertz CT molecular complexity index is 614. The molecule has 102 valence electrons. The first-order valence-electron chi connectivity index (χ1n) is 6.29. The van der Waals surface area contributed by atoms with Crippen LogP contribution in [0.25, 0.3) is 10.9 Å². The van der Waals surface area contributed by atoms with Crippen molar-refractivity contribution in [2.75, 3.05) is 11.9 Å². The fourth-order valence-electron chi connectivity index (χ4n) is 1.94. The molecule has 0 amide bonds. The Balaban J connectivity index is 2.66. The van der Waals surface area contributed by atoms with Crippen LogP contribution in [-0.4, -0.2) is 11.5 Å². The fourth-order valence-corrected chi connectivity index (χ4v) is 2.36. The first kappa shape index (κ1) is 14.2. The van der Waals surface area contributed by atoms with Crippen LogP contribution >= 0.6 is 15.9 Å². The van der Waals surface area contributed by atoms with E-state index in [2.05, 4.69) is 26.2 Å². The highest BCUT2D eigenvalue weighted by Crippen LogP contribution is 2.29. The third-order valence-corrected chi connectivity index (χ3v) is 3.53. The molecule has 0 aliphatic heterocycles. The van der Waals surface area contributed by atoms with E-state index in [1.54, 1.807) is 6.07 Å². The van der Waals surface area contributed by atoms with Gasteiger partial charge in [-0.25, -0.2) is 13.8 Å². The zero-order valence-corrected chi connectivity index (χ0v) is 12.4. The van der Waals surface area contributed by atoms with E-state index in [4.69, 9.17) is 0 Å². The maximum atomic E-state index is 14.0. The molecule has 2 nitrogen and oxygen atoms in total. The molecule has 0 atom stereocenters. The number of hydrogen-bond acceptors (Lipinski definition) is 2. The third-order valence-electron chi connectivity index (χ3n) is 2.95. The van der Waals surface area contributed by atoms with Crippen molar-refractivity contribution >= 4 is 32.7 Å². The number of anilines is 1. The van der Waals surface area contributed by atoms with Crippen molar-refractivity contribution in [3.8, 4) is 0 Å². The van der Waals surface area contributed by atoms with Crippen molar-refractivity contribution in [2.45, 2.75) is 26.7 Å². The second kappa shape index (κ2) is 5.82. The summed E-state index contributed by atoms with van der Waals surface area (Å²) >= 11 is 3.02. The van der Waals surface area contributed by atoms with Crippen molar-refractivity contribution in [3.63, 3.8) is 0 Å². The Kier molecular flexibility index (Phi) is 4.34. The first-order valence-corrected chi connectivity index (χ1v) is 7.08. The summed E-state index contributed by atoms with van der Waals surface area (Å²) in [6, 6.07) is 2.78. The monoisotopic (exact) mass is 328 g/mol. The van der Waals surface area contributed by atoms with Crippen LogP contribution in [0.3, 0.4) is 0 Å². The normalized spacial score (nSPS) is 11.0. The predicted molar refractivity (Wildman–Crippen MR) is 77.5 cm³/mol. The second-order valence-electron chi connectivity index (χ2n) is 4.33. The van der Waals surface area contributed by atoms with Crippen LogP contribution in [0.1, 0.15) is 25.8 Å². The summed E-state index contributed by atoms with van der Waals surface area (Å²) in [6.07, 6.45) is 1.66. The lowest BCUT2D eigenvalue weighted by molar-refractivity contribution is 0.609. The molecule has 0 saturated heterocycles. The van der Waals surface area contributed by atoms with Gasteiger partial charge in [0.15, 0.2) is 5.82 Å². The standard InChI is InChI=1S/C14H15BrF2N2/c1-3-5-18-14-8(4-2)6-9-12(17)10(15)7-11(16)13(9)19-14/h6-7H,3-5H2,1-2H3,(H,18,19). The van der Waals surface area contributed by atoms with E-state index in [1.165, 1.54) is 0 Å². The van der Waals surface area contributed by atoms with Crippen molar-refractivity contribution in [2.24, 2.45) is 0 Å². The maximum Gasteiger partial charge on any atom is 0.150 e. The average molecular weight is 329 g/mol. The van der Waals surface area contributed by atoms with Gasteiger partial charge in [0.05, 0.1) is 4.47 Å². The lowest BCUT2D eigenvalue weighted by atomic mass is 10.1. The molecule has 0 unspecified atom stereocenters. The lowest BCUT2D eigenvalue weighted by Gasteiger charge is -2.12. The van der Waals surface area contributed by atoms with E-state index < -0.39 is 11.6 Å². The number of hydrogen-bond donors (Lipinski definition) is 1. The minimum Gasteiger partial charge on any atom is -0.370 e. The smallest absolute Gasteiger partial charge is 0.150 e. The number of aryl methyl sites for hydroxylation is 1. The van der Waals surface area contributed by atoms with E-state index in [0.29, 0.717) is 12.2 Å². The SMILES string of the molecule is CCCNc1nc2c(F)cc(Br)c(F)c2cc1CC. The van der Waals surface area contributed by atoms with Crippen LogP contribution in [0.5, 0.6) is 0 Å². The van der Waals surface area contributed by atoms with Crippen LogP contribution in [-0.2, 0) is 6.42 Å². The van der Waals surface area contributed by atoms with Crippen LogP contribution < -0.4 is 5.32 Å². The van der Waals surface area contributed by atoms with Gasteiger partial charge in [0, 0.05) is 11.9 Å². The minimum atomic E-state index is -0.523. The van der Waals surface area contributed by atoms with Gasteiger partial charge in [0.25, 0.3) is 0 Å². The molecule has 1 N–H and O–H groups in total. The Hall–Kier alpha value is -1.23. The van der Waals surface area contributed by atoms with E-state index in [9.17, 15) is 8.78 Å². The first-order chi connectivity index (χ1) is 9.08. The summed E-state index contributed by atoms with van der Waals surface area (Å²) in [5, 5.41) is 3.37. The molecule has 1 aromatic carbocycles.